The molecule has 2 aromatic rings. The van der Waals surface area contributed by atoms with Crippen molar-refractivity contribution >= 4 is 12.0 Å². The van der Waals surface area contributed by atoms with Crippen LogP contribution in [0.15, 0.2) is 48.7 Å². The highest BCUT2D eigenvalue weighted by atomic mass is 16.4. The second-order valence-electron chi connectivity index (χ2n) is 3.85. The molecule has 98 valence electrons. The topological polar surface area (TPSA) is 83.4 Å². The van der Waals surface area contributed by atoms with Gasteiger partial charge in [-0.15, -0.1) is 0 Å². The molecule has 3 N–H and O–H groups in total. The highest BCUT2D eigenvalue weighted by Crippen LogP contribution is 2.00. The molecule has 6 nitrogen and oxygen atoms in total. The van der Waals surface area contributed by atoms with E-state index in [1.165, 1.54) is 12.3 Å². The Morgan fingerprint density at radius 1 is 1.11 bits per heavy atom. The predicted molar refractivity (Wildman–Crippen MR) is 69.4 cm³/mol. The number of nitrogens with one attached hydrogen (secondary N) is 2. The lowest BCUT2D eigenvalue weighted by molar-refractivity contribution is 0.0687. The monoisotopic (exact) mass is 259 g/mol. The van der Waals surface area contributed by atoms with E-state index in [9.17, 15) is 9.59 Å². The number of carbonyl (C=O) groups is 2. The standard InChI is InChI=1S/C13H13N3O3/c17-12(18)11-7-4-8-16(11)15-13(19)14-9-10-5-2-1-3-6-10/h1-8H,9H2,(H,17,18)(H2,14,15,19). The lowest BCUT2D eigenvalue weighted by atomic mass is 10.2. The van der Waals surface area contributed by atoms with Crippen molar-refractivity contribution in [3.05, 3.63) is 59.9 Å². The highest BCUT2D eigenvalue weighted by molar-refractivity contribution is 5.88. The third kappa shape index (κ3) is 3.35. The SMILES string of the molecule is O=C(NCc1ccccc1)Nn1cccc1C(=O)O. The minimum atomic E-state index is -1.10. The lowest BCUT2D eigenvalue weighted by Crippen LogP contribution is -2.34. The predicted octanol–water partition coefficient (Wildman–Crippen LogP) is 1.64. The number of carboxylic acid groups (broad SMARTS) is 1. The Labute approximate surface area is 109 Å². The summed E-state index contributed by atoms with van der Waals surface area (Å²) in [5.41, 5.74) is 3.38. The van der Waals surface area contributed by atoms with E-state index in [1.807, 2.05) is 30.3 Å². The molecule has 19 heavy (non-hydrogen) atoms. The smallest absolute Gasteiger partial charge is 0.354 e. The van der Waals surface area contributed by atoms with Gasteiger partial charge in [0.05, 0.1) is 0 Å². The van der Waals surface area contributed by atoms with Crippen molar-refractivity contribution in [3.8, 4) is 0 Å². The summed E-state index contributed by atoms with van der Waals surface area (Å²) in [6.45, 7) is 0.371. The molecular weight excluding hydrogens is 246 g/mol. The molecule has 0 atom stereocenters. The van der Waals surface area contributed by atoms with Gasteiger partial charge in [-0.1, -0.05) is 30.3 Å². The summed E-state index contributed by atoms with van der Waals surface area (Å²) in [5.74, 6) is -1.10. The molecule has 6 heteroatoms. The summed E-state index contributed by atoms with van der Waals surface area (Å²) in [5, 5.41) is 11.5. The molecule has 1 heterocycles. The summed E-state index contributed by atoms with van der Waals surface area (Å²) in [4.78, 5) is 22.5. The molecule has 2 rings (SSSR count). The van der Waals surface area contributed by atoms with Gasteiger partial charge in [-0.05, 0) is 17.7 Å². The molecular formula is C13H13N3O3. The fraction of sp³-hybridized carbons (Fsp3) is 0.0769. The van der Waals surface area contributed by atoms with Crippen LogP contribution in [0.1, 0.15) is 16.1 Å². The van der Waals surface area contributed by atoms with Crippen LogP contribution in [0.4, 0.5) is 4.79 Å². The fourth-order valence-electron chi connectivity index (χ4n) is 1.58. The number of carboxylic acids is 1. The number of hydrogen-bond donors (Lipinski definition) is 3. The van der Waals surface area contributed by atoms with E-state index >= 15 is 0 Å². The quantitative estimate of drug-likeness (QED) is 0.780. The Balaban J connectivity index is 1.91. The summed E-state index contributed by atoms with van der Waals surface area (Å²) in [6, 6.07) is 11.9. The van der Waals surface area contributed by atoms with Crippen molar-refractivity contribution in [2.45, 2.75) is 6.54 Å². The third-order valence-electron chi connectivity index (χ3n) is 2.49. The minimum Gasteiger partial charge on any atom is -0.477 e. The molecule has 1 aromatic carbocycles. The Morgan fingerprint density at radius 2 is 1.84 bits per heavy atom. The zero-order chi connectivity index (χ0) is 13.7. The zero-order valence-corrected chi connectivity index (χ0v) is 10.0. The molecule has 0 aliphatic heterocycles. The van der Waals surface area contributed by atoms with Crippen LogP contribution < -0.4 is 10.7 Å². The first-order valence-electron chi connectivity index (χ1n) is 5.66. The van der Waals surface area contributed by atoms with Gasteiger partial charge in [-0.25, -0.2) is 15.0 Å². The number of amides is 2. The molecule has 0 fully saturated rings. The molecule has 0 spiro atoms. The first-order chi connectivity index (χ1) is 9.16. The van der Waals surface area contributed by atoms with Gasteiger partial charge in [0.25, 0.3) is 0 Å². The number of urea groups is 1. The lowest BCUT2D eigenvalue weighted by Gasteiger charge is -2.10. The highest BCUT2D eigenvalue weighted by Gasteiger charge is 2.10. The van der Waals surface area contributed by atoms with Gasteiger partial charge >= 0.3 is 12.0 Å². The second-order valence-corrected chi connectivity index (χ2v) is 3.85. The minimum absolute atomic E-state index is 0.00476. The molecule has 0 radical (unpaired) electrons. The Kier molecular flexibility index (Phi) is 3.82. The summed E-state index contributed by atoms with van der Waals surface area (Å²) >= 11 is 0. The average Bonchev–Trinajstić information content (AvgIpc) is 2.86. The van der Waals surface area contributed by atoms with Crippen molar-refractivity contribution in [2.75, 3.05) is 5.43 Å². The zero-order valence-electron chi connectivity index (χ0n) is 10.0. The van der Waals surface area contributed by atoms with E-state index < -0.39 is 12.0 Å². The van der Waals surface area contributed by atoms with Gasteiger partial charge in [-0.2, -0.15) is 0 Å². The van der Waals surface area contributed by atoms with E-state index in [1.54, 1.807) is 6.07 Å². The van der Waals surface area contributed by atoms with E-state index in [-0.39, 0.29) is 5.69 Å². The maximum absolute atomic E-state index is 11.6. The number of aromatic carboxylic acids is 1. The number of rotatable bonds is 4. The molecule has 0 aliphatic rings. The number of benzene rings is 1. The van der Waals surface area contributed by atoms with Crippen molar-refractivity contribution < 1.29 is 14.7 Å². The van der Waals surface area contributed by atoms with Gasteiger partial charge in [0, 0.05) is 12.7 Å². The Bertz CT molecular complexity index is 578. The van der Waals surface area contributed by atoms with Crippen LogP contribution in [-0.2, 0) is 6.54 Å². The van der Waals surface area contributed by atoms with E-state index in [2.05, 4.69) is 10.7 Å². The summed E-state index contributed by atoms with van der Waals surface area (Å²) in [7, 11) is 0. The van der Waals surface area contributed by atoms with Crippen molar-refractivity contribution in [1.29, 1.82) is 0 Å². The third-order valence-corrected chi connectivity index (χ3v) is 2.49. The van der Waals surface area contributed by atoms with Crippen LogP contribution in [-0.4, -0.2) is 21.8 Å². The van der Waals surface area contributed by atoms with Crippen molar-refractivity contribution in [1.82, 2.24) is 9.99 Å². The Hall–Kier alpha value is -2.76. The van der Waals surface area contributed by atoms with Crippen LogP contribution in [0, 0.1) is 0 Å². The average molecular weight is 259 g/mol. The largest absolute Gasteiger partial charge is 0.477 e. The van der Waals surface area contributed by atoms with Crippen LogP contribution >= 0.6 is 0 Å². The van der Waals surface area contributed by atoms with Crippen molar-refractivity contribution in [2.24, 2.45) is 0 Å². The van der Waals surface area contributed by atoms with E-state index in [0.717, 1.165) is 10.2 Å². The summed E-state index contributed by atoms with van der Waals surface area (Å²) < 4.78 is 1.16. The first kappa shape index (κ1) is 12.7. The second kappa shape index (κ2) is 5.72. The maximum Gasteiger partial charge on any atom is 0.354 e. The normalized spacial score (nSPS) is 9.89. The van der Waals surface area contributed by atoms with Crippen LogP contribution in [0.5, 0.6) is 0 Å². The van der Waals surface area contributed by atoms with Gasteiger partial charge in [0.1, 0.15) is 5.69 Å². The van der Waals surface area contributed by atoms with Gasteiger partial charge in [0.15, 0.2) is 0 Å². The molecule has 0 unspecified atom stereocenters. The van der Waals surface area contributed by atoms with E-state index in [4.69, 9.17) is 5.11 Å². The van der Waals surface area contributed by atoms with Crippen molar-refractivity contribution in [3.63, 3.8) is 0 Å². The van der Waals surface area contributed by atoms with Crippen LogP contribution in [0.3, 0.4) is 0 Å². The number of hydrogen-bond acceptors (Lipinski definition) is 2. The van der Waals surface area contributed by atoms with Gasteiger partial charge < -0.3 is 10.4 Å². The fourth-order valence-corrected chi connectivity index (χ4v) is 1.58. The number of carbonyl (C=O) groups excluding carboxylic acids is 1. The Morgan fingerprint density at radius 3 is 2.53 bits per heavy atom. The van der Waals surface area contributed by atoms with Gasteiger partial charge in [-0.3, -0.25) is 4.68 Å². The van der Waals surface area contributed by atoms with E-state index in [0.29, 0.717) is 6.54 Å². The molecule has 1 aromatic heterocycles. The van der Waals surface area contributed by atoms with Crippen LogP contribution in [0.2, 0.25) is 0 Å². The summed E-state index contributed by atoms with van der Waals surface area (Å²) in [6.07, 6.45) is 1.46. The van der Waals surface area contributed by atoms with Gasteiger partial charge in [0.2, 0.25) is 0 Å². The molecule has 0 saturated heterocycles. The number of aromatic nitrogens is 1. The number of nitrogens with zero attached hydrogens (tertiary/aromatic N) is 1. The molecule has 0 saturated carbocycles. The maximum atomic E-state index is 11.6. The first-order valence-corrected chi connectivity index (χ1v) is 5.66. The molecule has 2 amide bonds. The van der Waals surface area contributed by atoms with Crippen LogP contribution in [0.25, 0.3) is 0 Å². The molecule has 0 bridgehead atoms. The molecule has 0 aliphatic carbocycles.